The molecule has 0 aliphatic carbocycles. The fraction of sp³-hybridized carbons (Fsp3) is 0.417. The number of aliphatic carboxylic acids is 1. The highest BCUT2D eigenvalue weighted by atomic mass is 79.9. The summed E-state index contributed by atoms with van der Waals surface area (Å²) >= 11 is 3.26. The fourth-order valence-corrected chi connectivity index (χ4v) is 2.17. The van der Waals surface area contributed by atoms with Crippen LogP contribution in [0.25, 0.3) is 0 Å². The van der Waals surface area contributed by atoms with Crippen LogP contribution in [0.1, 0.15) is 31.4 Å². The number of aryl methyl sites for hydroxylation is 1. The standard InChI is InChI=1S/C12H15BrO3/c1-7-4-8(5-9(13)11(7)16)12(2,3)6-10(14)15/h4-5,16H,6H2,1-3H3,(H,14,15). The highest BCUT2D eigenvalue weighted by Crippen LogP contribution is 2.35. The summed E-state index contributed by atoms with van der Waals surface area (Å²) in [6.07, 6.45) is 0.0592. The Bertz CT molecular complexity index is 401. The molecule has 0 unspecified atom stereocenters. The Kier molecular flexibility index (Phi) is 3.63. The second kappa shape index (κ2) is 4.45. The van der Waals surface area contributed by atoms with Crippen molar-refractivity contribution < 1.29 is 15.0 Å². The minimum absolute atomic E-state index is 0.0592. The van der Waals surface area contributed by atoms with Gasteiger partial charge in [0.15, 0.2) is 0 Å². The minimum atomic E-state index is -0.827. The zero-order valence-corrected chi connectivity index (χ0v) is 11.1. The van der Waals surface area contributed by atoms with Crippen LogP contribution in [0.4, 0.5) is 0 Å². The molecule has 0 atom stereocenters. The molecule has 1 rings (SSSR count). The molecule has 88 valence electrons. The number of phenols is 1. The zero-order valence-electron chi connectivity index (χ0n) is 9.54. The number of phenolic OH excluding ortho intramolecular Hbond substituents is 1. The van der Waals surface area contributed by atoms with E-state index < -0.39 is 11.4 Å². The monoisotopic (exact) mass is 286 g/mol. The smallest absolute Gasteiger partial charge is 0.304 e. The molecule has 1 aromatic carbocycles. The van der Waals surface area contributed by atoms with Gasteiger partial charge in [-0.2, -0.15) is 0 Å². The normalized spacial score (nSPS) is 11.5. The van der Waals surface area contributed by atoms with Crippen LogP contribution < -0.4 is 0 Å². The van der Waals surface area contributed by atoms with Crippen LogP contribution in [0.3, 0.4) is 0 Å². The van der Waals surface area contributed by atoms with Crippen LogP contribution in [0, 0.1) is 6.92 Å². The number of benzene rings is 1. The quantitative estimate of drug-likeness (QED) is 0.897. The Hall–Kier alpha value is -1.03. The molecule has 0 bridgehead atoms. The second-order valence-electron chi connectivity index (χ2n) is 4.58. The van der Waals surface area contributed by atoms with Gasteiger partial charge >= 0.3 is 5.97 Å². The van der Waals surface area contributed by atoms with E-state index in [9.17, 15) is 9.90 Å². The van der Waals surface area contributed by atoms with Crippen LogP contribution in [0.5, 0.6) is 5.75 Å². The number of halogens is 1. The molecule has 0 radical (unpaired) electrons. The molecule has 0 aromatic heterocycles. The van der Waals surface area contributed by atoms with Crippen LogP contribution in [-0.4, -0.2) is 16.2 Å². The number of aromatic hydroxyl groups is 1. The van der Waals surface area contributed by atoms with E-state index in [4.69, 9.17) is 5.11 Å². The van der Waals surface area contributed by atoms with E-state index in [1.165, 1.54) is 0 Å². The maximum absolute atomic E-state index is 10.8. The highest BCUT2D eigenvalue weighted by molar-refractivity contribution is 9.10. The topological polar surface area (TPSA) is 57.5 Å². The number of hydrogen-bond donors (Lipinski definition) is 2. The molecular weight excluding hydrogens is 272 g/mol. The third-order valence-corrected chi connectivity index (χ3v) is 3.23. The van der Waals surface area contributed by atoms with Crippen LogP contribution in [-0.2, 0) is 10.2 Å². The van der Waals surface area contributed by atoms with Gasteiger partial charge in [-0.25, -0.2) is 0 Å². The lowest BCUT2D eigenvalue weighted by Crippen LogP contribution is -2.21. The largest absolute Gasteiger partial charge is 0.506 e. The summed E-state index contributed by atoms with van der Waals surface area (Å²) in [6.45, 7) is 5.54. The van der Waals surface area contributed by atoms with Gasteiger partial charge in [0.05, 0.1) is 10.9 Å². The molecular formula is C12H15BrO3. The third kappa shape index (κ3) is 2.76. The van der Waals surface area contributed by atoms with E-state index in [0.29, 0.717) is 4.47 Å². The average Bonchev–Trinajstić information content (AvgIpc) is 2.11. The average molecular weight is 287 g/mol. The molecule has 1 aromatic rings. The summed E-state index contributed by atoms with van der Waals surface area (Å²) in [5.74, 6) is -0.623. The molecule has 16 heavy (non-hydrogen) atoms. The van der Waals surface area contributed by atoms with E-state index in [0.717, 1.165) is 11.1 Å². The second-order valence-corrected chi connectivity index (χ2v) is 5.43. The maximum atomic E-state index is 10.8. The summed E-state index contributed by atoms with van der Waals surface area (Å²) < 4.78 is 0.598. The number of carboxylic acid groups (broad SMARTS) is 1. The van der Waals surface area contributed by atoms with Crippen LogP contribution in [0.2, 0.25) is 0 Å². The Morgan fingerprint density at radius 2 is 2.00 bits per heavy atom. The van der Waals surface area contributed by atoms with Crippen molar-refractivity contribution in [3.8, 4) is 5.75 Å². The van der Waals surface area contributed by atoms with Crippen molar-refractivity contribution in [3.05, 3.63) is 27.7 Å². The van der Waals surface area contributed by atoms with Gasteiger partial charge in [-0.05, 0) is 40.0 Å². The van der Waals surface area contributed by atoms with Gasteiger partial charge in [-0.15, -0.1) is 0 Å². The van der Waals surface area contributed by atoms with Gasteiger partial charge in [0, 0.05) is 5.41 Å². The molecule has 0 heterocycles. The molecule has 3 nitrogen and oxygen atoms in total. The molecule has 0 aliphatic rings. The fourth-order valence-electron chi connectivity index (χ4n) is 1.61. The predicted molar refractivity (Wildman–Crippen MR) is 65.8 cm³/mol. The molecule has 0 saturated carbocycles. The lowest BCUT2D eigenvalue weighted by Gasteiger charge is -2.24. The number of hydrogen-bond acceptors (Lipinski definition) is 2. The van der Waals surface area contributed by atoms with Crippen molar-refractivity contribution in [2.75, 3.05) is 0 Å². The molecule has 2 N–H and O–H groups in total. The molecule has 0 amide bonds. The Balaban J connectivity index is 3.18. The minimum Gasteiger partial charge on any atom is -0.506 e. The number of rotatable bonds is 3. The zero-order chi connectivity index (χ0) is 12.5. The maximum Gasteiger partial charge on any atom is 0.304 e. The summed E-state index contributed by atoms with van der Waals surface area (Å²) in [5.41, 5.74) is 1.19. The van der Waals surface area contributed by atoms with Crippen molar-refractivity contribution in [2.24, 2.45) is 0 Å². The third-order valence-electron chi connectivity index (χ3n) is 2.63. The SMILES string of the molecule is Cc1cc(C(C)(C)CC(=O)O)cc(Br)c1O. The summed E-state index contributed by atoms with van der Waals surface area (Å²) in [5, 5.41) is 18.5. The van der Waals surface area contributed by atoms with Gasteiger partial charge in [0.25, 0.3) is 0 Å². The van der Waals surface area contributed by atoms with Crippen LogP contribution >= 0.6 is 15.9 Å². The molecule has 0 spiro atoms. The van der Waals surface area contributed by atoms with Gasteiger partial charge < -0.3 is 10.2 Å². The van der Waals surface area contributed by atoms with E-state index in [1.807, 2.05) is 19.9 Å². The Morgan fingerprint density at radius 3 is 2.44 bits per heavy atom. The first-order valence-electron chi connectivity index (χ1n) is 4.95. The molecule has 0 aliphatic heterocycles. The van der Waals surface area contributed by atoms with E-state index >= 15 is 0 Å². The number of carboxylic acids is 1. The van der Waals surface area contributed by atoms with Gasteiger partial charge in [-0.3, -0.25) is 4.79 Å². The van der Waals surface area contributed by atoms with E-state index in [-0.39, 0.29) is 12.2 Å². The first-order chi connectivity index (χ1) is 7.24. The van der Waals surface area contributed by atoms with Crippen molar-refractivity contribution in [2.45, 2.75) is 32.6 Å². The van der Waals surface area contributed by atoms with Gasteiger partial charge in [0.2, 0.25) is 0 Å². The summed E-state index contributed by atoms with van der Waals surface area (Å²) in [6, 6.07) is 3.59. The molecule has 0 fully saturated rings. The highest BCUT2D eigenvalue weighted by Gasteiger charge is 2.25. The van der Waals surface area contributed by atoms with E-state index in [1.54, 1.807) is 13.0 Å². The molecule has 0 saturated heterocycles. The first kappa shape index (κ1) is 13.0. The lowest BCUT2D eigenvalue weighted by molar-refractivity contribution is -0.138. The van der Waals surface area contributed by atoms with Gasteiger partial charge in [-0.1, -0.05) is 19.9 Å². The molecule has 4 heteroatoms. The predicted octanol–water partition coefficient (Wildman–Crippen LogP) is 3.22. The van der Waals surface area contributed by atoms with E-state index in [2.05, 4.69) is 15.9 Å². The van der Waals surface area contributed by atoms with Gasteiger partial charge in [0.1, 0.15) is 5.75 Å². The summed E-state index contributed by atoms with van der Waals surface area (Å²) in [7, 11) is 0. The Morgan fingerprint density at radius 1 is 1.44 bits per heavy atom. The number of carbonyl (C=O) groups is 1. The van der Waals surface area contributed by atoms with Crippen molar-refractivity contribution in [1.29, 1.82) is 0 Å². The Labute approximate surface area is 103 Å². The van der Waals surface area contributed by atoms with Crippen molar-refractivity contribution >= 4 is 21.9 Å². The van der Waals surface area contributed by atoms with Crippen LogP contribution in [0.15, 0.2) is 16.6 Å². The van der Waals surface area contributed by atoms with Crippen molar-refractivity contribution in [3.63, 3.8) is 0 Å². The van der Waals surface area contributed by atoms with Crippen molar-refractivity contribution in [1.82, 2.24) is 0 Å². The lowest BCUT2D eigenvalue weighted by atomic mass is 9.81. The first-order valence-corrected chi connectivity index (χ1v) is 5.75. The summed E-state index contributed by atoms with van der Waals surface area (Å²) in [4.78, 5) is 10.8.